The van der Waals surface area contributed by atoms with Crippen LogP contribution in [0.2, 0.25) is 0 Å². The van der Waals surface area contributed by atoms with Gasteiger partial charge in [0.05, 0.1) is 12.2 Å². The van der Waals surface area contributed by atoms with Gasteiger partial charge in [0, 0.05) is 13.1 Å². The first-order valence-corrected chi connectivity index (χ1v) is 4.17. The summed E-state index contributed by atoms with van der Waals surface area (Å²) in [6, 6.07) is 0. The summed E-state index contributed by atoms with van der Waals surface area (Å²) < 4.78 is 5.66. The summed E-state index contributed by atoms with van der Waals surface area (Å²) in [5.41, 5.74) is 1.26. The third-order valence-corrected chi connectivity index (χ3v) is 2.12. The highest BCUT2D eigenvalue weighted by Gasteiger charge is 2.32. The second-order valence-electron chi connectivity index (χ2n) is 3.45. The Balaban J connectivity index is 2.16. The first-order chi connectivity index (χ1) is 5.16. The molecule has 1 aliphatic rings. The minimum absolute atomic E-state index is 0.0815. The van der Waals surface area contributed by atoms with Crippen molar-refractivity contribution < 1.29 is 4.74 Å². The summed E-state index contributed by atoms with van der Waals surface area (Å²) in [5, 5.41) is 3.19. The van der Waals surface area contributed by atoms with E-state index >= 15 is 0 Å². The van der Waals surface area contributed by atoms with Crippen LogP contribution in [0, 0.1) is 0 Å². The number of nitrogens with one attached hydrogen (secondary N) is 1. The molecule has 0 aromatic heterocycles. The van der Waals surface area contributed by atoms with Gasteiger partial charge in [0.1, 0.15) is 0 Å². The first-order valence-electron chi connectivity index (χ1n) is 4.17. The van der Waals surface area contributed by atoms with Crippen LogP contribution in [0.4, 0.5) is 0 Å². The molecule has 1 fully saturated rings. The van der Waals surface area contributed by atoms with E-state index < -0.39 is 0 Å². The van der Waals surface area contributed by atoms with E-state index in [0.717, 1.165) is 19.5 Å². The van der Waals surface area contributed by atoms with Crippen LogP contribution in [0.15, 0.2) is 12.2 Å². The molecule has 64 valence electrons. The number of rotatable bonds is 4. The maximum Gasteiger partial charge on any atom is 0.0906 e. The lowest BCUT2D eigenvalue weighted by molar-refractivity contribution is -0.0567. The lowest BCUT2D eigenvalue weighted by Gasteiger charge is -2.39. The molecule has 2 heteroatoms. The smallest absolute Gasteiger partial charge is 0.0906 e. The van der Waals surface area contributed by atoms with Gasteiger partial charge in [-0.15, -0.1) is 0 Å². The Morgan fingerprint density at radius 3 is 2.64 bits per heavy atom. The molecule has 0 amide bonds. The average molecular weight is 155 g/mol. The fourth-order valence-corrected chi connectivity index (χ4v) is 0.957. The monoisotopic (exact) mass is 155 g/mol. The maximum atomic E-state index is 5.66. The van der Waals surface area contributed by atoms with Gasteiger partial charge in [-0.05, 0) is 13.3 Å². The molecule has 0 bridgehead atoms. The quantitative estimate of drug-likeness (QED) is 0.618. The van der Waals surface area contributed by atoms with Gasteiger partial charge in [0.2, 0.25) is 0 Å². The third-order valence-electron chi connectivity index (χ3n) is 2.12. The van der Waals surface area contributed by atoms with Crippen LogP contribution >= 0.6 is 0 Å². The van der Waals surface area contributed by atoms with Gasteiger partial charge >= 0.3 is 0 Å². The highest BCUT2D eigenvalue weighted by atomic mass is 16.5. The van der Waals surface area contributed by atoms with Gasteiger partial charge in [0.25, 0.3) is 0 Å². The molecule has 0 radical (unpaired) electrons. The van der Waals surface area contributed by atoms with Gasteiger partial charge in [-0.25, -0.2) is 0 Å². The molecule has 0 saturated carbocycles. The van der Waals surface area contributed by atoms with E-state index in [1.165, 1.54) is 5.57 Å². The average Bonchev–Trinajstić information content (AvgIpc) is 1.96. The maximum absolute atomic E-state index is 5.66. The molecule has 1 rings (SSSR count). The molecule has 0 aromatic rings. The standard InChI is InChI=1S/C9H17NO/c1-4-8(2)5-11-9(3)6-10-7-9/h10H,2,4-7H2,1,3H3. The molecular weight excluding hydrogens is 138 g/mol. The minimum atomic E-state index is 0.0815. The molecule has 0 spiro atoms. The predicted octanol–water partition coefficient (Wildman–Crippen LogP) is 1.33. The van der Waals surface area contributed by atoms with Crippen LogP contribution in [0.3, 0.4) is 0 Å². The SMILES string of the molecule is C=C(CC)COC1(C)CNC1. The van der Waals surface area contributed by atoms with Gasteiger partial charge in [-0.2, -0.15) is 0 Å². The van der Waals surface area contributed by atoms with Crippen molar-refractivity contribution in [2.45, 2.75) is 25.9 Å². The van der Waals surface area contributed by atoms with Crippen LogP contribution in [0.1, 0.15) is 20.3 Å². The Morgan fingerprint density at radius 2 is 2.27 bits per heavy atom. The summed E-state index contributed by atoms with van der Waals surface area (Å²) in [7, 11) is 0. The summed E-state index contributed by atoms with van der Waals surface area (Å²) in [6.07, 6.45) is 1.02. The summed E-state index contributed by atoms with van der Waals surface area (Å²) in [5.74, 6) is 0. The second-order valence-corrected chi connectivity index (χ2v) is 3.45. The van der Waals surface area contributed by atoms with Crippen molar-refractivity contribution in [1.82, 2.24) is 5.32 Å². The van der Waals surface area contributed by atoms with Gasteiger partial charge in [-0.1, -0.05) is 19.1 Å². The summed E-state index contributed by atoms with van der Waals surface area (Å²) in [4.78, 5) is 0. The van der Waals surface area contributed by atoms with Crippen LogP contribution in [-0.2, 0) is 4.74 Å². The highest BCUT2D eigenvalue weighted by molar-refractivity contribution is 4.96. The fourth-order valence-electron chi connectivity index (χ4n) is 0.957. The Hall–Kier alpha value is -0.340. The van der Waals surface area contributed by atoms with E-state index in [1.807, 2.05) is 0 Å². The van der Waals surface area contributed by atoms with E-state index in [0.29, 0.717) is 6.61 Å². The molecule has 1 heterocycles. The second kappa shape index (κ2) is 3.37. The normalized spacial score (nSPS) is 20.9. The van der Waals surface area contributed by atoms with Crippen molar-refractivity contribution in [2.75, 3.05) is 19.7 Å². The molecule has 1 aliphatic heterocycles. The van der Waals surface area contributed by atoms with E-state index in [2.05, 4.69) is 25.7 Å². The fraction of sp³-hybridized carbons (Fsp3) is 0.778. The molecule has 2 nitrogen and oxygen atoms in total. The molecule has 1 saturated heterocycles. The van der Waals surface area contributed by atoms with Crippen LogP contribution in [-0.4, -0.2) is 25.3 Å². The molecule has 0 atom stereocenters. The molecular formula is C9H17NO. The van der Waals surface area contributed by atoms with E-state index in [4.69, 9.17) is 4.74 Å². The van der Waals surface area contributed by atoms with E-state index in [-0.39, 0.29) is 5.60 Å². The lowest BCUT2D eigenvalue weighted by atomic mass is 10.00. The van der Waals surface area contributed by atoms with Gasteiger partial charge < -0.3 is 10.1 Å². The Labute approximate surface area is 68.6 Å². The zero-order chi connectivity index (χ0) is 8.32. The Kier molecular flexibility index (Phi) is 2.68. The van der Waals surface area contributed by atoms with Crippen molar-refractivity contribution in [1.29, 1.82) is 0 Å². The zero-order valence-corrected chi connectivity index (χ0v) is 7.44. The third kappa shape index (κ3) is 2.31. The van der Waals surface area contributed by atoms with Crippen LogP contribution in [0.25, 0.3) is 0 Å². The summed E-state index contributed by atoms with van der Waals surface area (Å²) >= 11 is 0. The van der Waals surface area contributed by atoms with E-state index in [9.17, 15) is 0 Å². The van der Waals surface area contributed by atoms with Crippen molar-refractivity contribution in [3.63, 3.8) is 0 Å². The molecule has 0 aliphatic carbocycles. The molecule has 11 heavy (non-hydrogen) atoms. The summed E-state index contributed by atoms with van der Waals surface area (Å²) in [6.45, 7) is 10.8. The van der Waals surface area contributed by atoms with E-state index in [1.54, 1.807) is 0 Å². The van der Waals surface area contributed by atoms with Crippen molar-refractivity contribution >= 4 is 0 Å². The van der Waals surface area contributed by atoms with Crippen molar-refractivity contribution in [3.05, 3.63) is 12.2 Å². The number of hydrogen-bond donors (Lipinski definition) is 1. The van der Waals surface area contributed by atoms with Crippen LogP contribution < -0.4 is 5.32 Å². The van der Waals surface area contributed by atoms with Gasteiger partial charge in [-0.3, -0.25) is 0 Å². The lowest BCUT2D eigenvalue weighted by Crippen LogP contribution is -2.59. The Morgan fingerprint density at radius 1 is 1.64 bits per heavy atom. The molecule has 0 aromatic carbocycles. The highest BCUT2D eigenvalue weighted by Crippen LogP contribution is 2.16. The van der Waals surface area contributed by atoms with Gasteiger partial charge in [0.15, 0.2) is 0 Å². The predicted molar refractivity (Wildman–Crippen MR) is 46.7 cm³/mol. The zero-order valence-electron chi connectivity index (χ0n) is 7.44. The van der Waals surface area contributed by atoms with Crippen molar-refractivity contribution in [3.8, 4) is 0 Å². The Bertz CT molecular complexity index is 150. The van der Waals surface area contributed by atoms with Crippen LogP contribution in [0.5, 0.6) is 0 Å². The number of hydrogen-bond acceptors (Lipinski definition) is 2. The van der Waals surface area contributed by atoms with Crippen molar-refractivity contribution in [2.24, 2.45) is 0 Å². The molecule has 0 unspecified atom stereocenters. The molecule has 1 N–H and O–H groups in total. The first kappa shape index (κ1) is 8.75. The minimum Gasteiger partial charge on any atom is -0.368 e. The number of ether oxygens (including phenoxy) is 1. The largest absolute Gasteiger partial charge is 0.368 e. The topological polar surface area (TPSA) is 21.3 Å².